The standard InChI is InChI=1S/C11H14N2O2/c1-3-8-7(9(14)15)6-12-10(13-8)11(2)4-5-11/h6H,3-5H2,1-2H3,(H,14,15). The Bertz CT molecular complexity index is 411. The molecule has 0 radical (unpaired) electrons. The van der Waals surface area contributed by atoms with E-state index in [0.717, 1.165) is 18.7 Å². The average molecular weight is 206 g/mol. The van der Waals surface area contributed by atoms with Gasteiger partial charge in [0.25, 0.3) is 0 Å². The third kappa shape index (κ3) is 1.71. The van der Waals surface area contributed by atoms with Crippen molar-refractivity contribution in [3.63, 3.8) is 0 Å². The first-order valence-corrected chi connectivity index (χ1v) is 5.16. The Morgan fingerprint density at radius 1 is 1.60 bits per heavy atom. The first-order valence-electron chi connectivity index (χ1n) is 5.16. The second-order valence-electron chi connectivity index (χ2n) is 4.27. The van der Waals surface area contributed by atoms with Gasteiger partial charge in [-0.1, -0.05) is 13.8 Å². The highest BCUT2D eigenvalue weighted by Crippen LogP contribution is 2.45. The molecular formula is C11H14N2O2. The lowest BCUT2D eigenvalue weighted by molar-refractivity contribution is 0.0694. The molecule has 15 heavy (non-hydrogen) atoms. The van der Waals surface area contributed by atoms with Crippen molar-refractivity contribution in [2.45, 2.75) is 38.5 Å². The third-order valence-electron chi connectivity index (χ3n) is 2.97. The fourth-order valence-electron chi connectivity index (χ4n) is 1.57. The van der Waals surface area contributed by atoms with Crippen LogP contribution in [0.2, 0.25) is 0 Å². The molecular weight excluding hydrogens is 192 g/mol. The number of hydrogen-bond donors (Lipinski definition) is 1. The first-order chi connectivity index (χ1) is 7.07. The number of aromatic carboxylic acids is 1. The second-order valence-corrected chi connectivity index (χ2v) is 4.27. The summed E-state index contributed by atoms with van der Waals surface area (Å²) in [7, 11) is 0. The van der Waals surface area contributed by atoms with E-state index in [0.29, 0.717) is 12.1 Å². The molecule has 0 bridgehead atoms. The van der Waals surface area contributed by atoms with Gasteiger partial charge in [-0.25, -0.2) is 14.8 Å². The van der Waals surface area contributed by atoms with Crippen LogP contribution in [-0.2, 0) is 11.8 Å². The van der Waals surface area contributed by atoms with Gasteiger partial charge in [0, 0.05) is 11.6 Å². The van der Waals surface area contributed by atoms with E-state index in [4.69, 9.17) is 5.11 Å². The minimum atomic E-state index is -0.945. The molecule has 80 valence electrons. The Morgan fingerprint density at radius 3 is 2.73 bits per heavy atom. The highest BCUT2D eigenvalue weighted by atomic mass is 16.4. The molecule has 4 heteroatoms. The molecule has 0 atom stereocenters. The Kier molecular flexibility index (Phi) is 2.21. The summed E-state index contributed by atoms with van der Waals surface area (Å²) in [6, 6.07) is 0. The van der Waals surface area contributed by atoms with Crippen molar-refractivity contribution in [1.29, 1.82) is 0 Å². The number of rotatable bonds is 3. The lowest BCUT2D eigenvalue weighted by Gasteiger charge is -2.09. The van der Waals surface area contributed by atoms with E-state index in [1.54, 1.807) is 0 Å². The minimum Gasteiger partial charge on any atom is -0.478 e. The van der Waals surface area contributed by atoms with Crippen molar-refractivity contribution in [2.24, 2.45) is 0 Å². The summed E-state index contributed by atoms with van der Waals surface area (Å²) in [5.41, 5.74) is 0.965. The molecule has 1 fully saturated rings. The van der Waals surface area contributed by atoms with Gasteiger partial charge in [0.15, 0.2) is 0 Å². The van der Waals surface area contributed by atoms with Gasteiger partial charge in [0.2, 0.25) is 0 Å². The van der Waals surface area contributed by atoms with Crippen LogP contribution in [0.25, 0.3) is 0 Å². The third-order valence-corrected chi connectivity index (χ3v) is 2.97. The van der Waals surface area contributed by atoms with E-state index in [1.807, 2.05) is 6.92 Å². The average Bonchev–Trinajstić information content (AvgIpc) is 2.96. The molecule has 1 saturated carbocycles. The maximum absolute atomic E-state index is 10.9. The molecule has 1 aromatic rings. The first kappa shape index (κ1) is 10.1. The fraction of sp³-hybridized carbons (Fsp3) is 0.545. The van der Waals surface area contributed by atoms with Crippen molar-refractivity contribution in [3.8, 4) is 0 Å². The van der Waals surface area contributed by atoms with Crippen LogP contribution in [-0.4, -0.2) is 21.0 Å². The lowest BCUT2D eigenvalue weighted by atomic mass is 10.1. The summed E-state index contributed by atoms with van der Waals surface area (Å²) in [5.74, 6) is -0.149. The topological polar surface area (TPSA) is 63.1 Å². The van der Waals surface area contributed by atoms with E-state index in [-0.39, 0.29) is 11.0 Å². The minimum absolute atomic E-state index is 0.0982. The Morgan fingerprint density at radius 2 is 2.27 bits per heavy atom. The zero-order valence-corrected chi connectivity index (χ0v) is 8.95. The van der Waals surface area contributed by atoms with Gasteiger partial charge in [-0.3, -0.25) is 0 Å². The highest BCUT2D eigenvalue weighted by Gasteiger charge is 2.42. The van der Waals surface area contributed by atoms with E-state index < -0.39 is 5.97 Å². The number of carboxylic acids is 1. The predicted molar refractivity (Wildman–Crippen MR) is 55.0 cm³/mol. The lowest BCUT2D eigenvalue weighted by Crippen LogP contribution is -2.13. The molecule has 1 aliphatic rings. The number of aromatic nitrogens is 2. The molecule has 1 N–H and O–H groups in total. The van der Waals surface area contributed by atoms with Crippen LogP contribution in [0.3, 0.4) is 0 Å². The van der Waals surface area contributed by atoms with Crippen molar-refractivity contribution < 1.29 is 9.90 Å². The molecule has 0 amide bonds. The zero-order valence-electron chi connectivity index (χ0n) is 8.95. The smallest absolute Gasteiger partial charge is 0.339 e. The van der Waals surface area contributed by atoms with Crippen molar-refractivity contribution in [2.75, 3.05) is 0 Å². The van der Waals surface area contributed by atoms with Crippen LogP contribution >= 0.6 is 0 Å². The zero-order chi connectivity index (χ0) is 11.1. The van der Waals surface area contributed by atoms with Crippen LogP contribution in [0.4, 0.5) is 0 Å². The molecule has 1 aromatic heterocycles. The van der Waals surface area contributed by atoms with Gasteiger partial charge in [0.05, 0.1) is 11.3 Å². The second kappa shape index (κ2) is 3.29. The largest absolute Gasteiger partial charge is 0.478 e. The summed E-state index contributed by atoms with van der Waals surface area (Å²) in [5, 5.41) is 8.93. The molecule has 0 aliphatic heterocycles. The predicted octanol–water partition coefficient (Wildman–Crippen LogP) is 1.79. The van der Waals surface area contributed by atoms with Crippen LogP contribution in [0.1, 0.15) is 48.6 Å². The maximum Gasteiger partial charge on any atom is 0.339 e. The number of aryl methyl sites for hydroxylation is 1. The van der Waals surface area contributed by atoms with Crippen molar-refractivity contribution >= 4 is 5.97 Å². The van der Waals surface area contributed by atoms with E-state index >= 15 is 0 Å². The van der Waals surface area contributed by atoms with Crippen molar-refractivity contribution in [3.05, 3.63) is 23.3 Å². The molecule has 0 unspecified atom stereocenters. The van der Waals surface area contributed by atoms with Gasteiger partial charge in [-0.2, -0.15) is 0 Å². The molecule has 4 nitrogen and oxygen atoms in total. The van der Waals surface area contributed by atoms with E-state index in [9.17, 15) is 4.79 Å². The Hall–Kier alpha value is -1.45. The quantitative estimate of drug-likeness (QED) is 0.818. The van der Waals surface area contributed by atoms with Gasteiger partial charge in [0.1, 0.15) is 5.82 Å². The fourth-order valence-corrected chi connectivity index (χ4v) is 1.57. The van der Waals surface area contributed by atoms with Gasteiger partial charge in [-0.05, 0) is 19.3 Å². The van der Waals surface area contributed by atoms with Crippen LogP contribution in [0, 0.1) is 0 Å². The molecule has 1 aliphatic carbocycles. The SMILES string of the molecule is CCc1nc(C2(C)CC2)ncc1C(=O)O. The van der Waals surface area contributed by atoms with Crippen LogP contribution < -0.4 is 0 Å². The molecule has 1 heterocycles. The summed E-state index contributed by atoms with van der Waals surface area (Å²) >= 11 is 0. The van der Waals surface area contributed by atoms with Gasteiger partial charge in [-0.15, -0.1) is 0 Å². The Balaban J connectivity index is 2.43. The number of nitrogens with zero attached hydrogens (tertiary/aromatic N) is 2. The van der Waals surface area contributed by atoms with Crippen LogP contribution in [0.15, 0.2) is 6.20 Å². The van der Waals surface area contributed by atoms with Crippen molar-refractivity contribution in [1.82, 2.24) is 9.97 Å². The normalized spacial score (nSPS) is 17.5. The highest BCUT2D eigenvalue weighted by molar-refractivity contribution is 5.88. The number of carboxylic acid groups (broad SMARTS) is 1. The number of carbonyl (C=O) groups is 1. The summed E-state index contributed by atoms with van der Waals surface area (Å²) < 4.78 is 0. The van der Waals surface area contributed by atoms with Gasteiger partial charge >= 0.3 is 5.97 Å². The molecule has 2 rings (SSSR count). The maximum atomic E-state index is 10.9. The molecule has 0 spiro atoms. The summed E-state index contributed by atoms with van der Waals surface area (Å²) in [6.07, 6.45) is 4.27. The van der Waals surface area contributed by atoms with E-state index in [2.05, 4.69) is 16.9 Å². The number of hydrogen-bond acceptors (Lipinski definition) is 3. The summed E-state index contributed by atoms with van der Waals surface area (Å²) in [6.45, 7) is 4.02. The molecule has 0 saturated heterocycles. The van der Waals surface area contributed by atoms with Gasteiger partial charge < -0.3 is 5.11 Å². The van der Waals surface area contributed by atoms with E-state index in [1.165, 1.54) is 6.20 Å². The molecule has 0 aromatic carbocycles. The summed E-state index contributed by atoms with van der Waals surface area (Å²) in [4.78, 5) is 19.4. The van der Waals surface area contributed by atoms with Crippen LogP contribution in [0.5, 0.6) is 0 Å². The monoisotopic (exact) mass is 206 g/mol. The Labute approximate surface area is 88.4 Å².